The lowest BCUT2D eigenvalue weighted by molar-refractivity contribution is 0.0860. The van der Waals surface area contributed by atoms with Gasteiger partial charge in [0.15, 0.2) is 0 Å². The molecular weight excluding hydrogens is 635 g/mol. The standard InChI is InChI=1S/C18H18Br3N6O4P/c19-13-4-1-7-16(10-13)25(22)29-32(28,30-26(23)17-8-2-5-14(20)11-17)31-27(24)18-9-3-6-15(21)12-18/h1-12H,22-24H2. The van der Waals surface area contributed by atoms with Crippen molar-refractivity contribution in [1.29, 1.82) is 0 Å². The third kappa shape index (κ3) is 6.99. The Bertz CT molecular complexity index is 991. The molecule has 3 rings (SSSR count). The maximum absolute atomic E-state index is 13.6. The molecule has 3 aromatic rings. The predicted molar refractivity (Wildman–Crippen MR) is 133 cm³/mol. The van der Waals surface area contributed by atoms with Crippen molar-refractivity contribution in [3.8, 4) is 0 Å². The van der Waals surface area contributed by atoms with E-state index in [1.165, 1.54) is 0 Å². The lowest BCUT2D eigenvalue weighted by Gasteiger charge is -2.29. The zero-order valence-electron chi connectivity index (χ0n) is 16.2. The summed E-state index contributed by atoms with van der Waals surface area (Å²) in [6.45, 7) is 0. The van der Waals surface area contributed by atoms with Gasteiger partial charge in [0.1, 0.15) is 0 Å². The molecule has 0 saturated carbocycles. The average Bonchev–Trinajstić information content (AvgIpc) is 2.73. The first-order valence-corrected chi connectivity index (χ1v) is 12.6. The molecule has 10 nitrogen and oxygen atoms in total. The van der Waals surface area contributed by atoms with Crippen molar-refractivity contribution in [3.63, 3.8) is 0 Å². The minimum atomic E-state index is -4.57. The number of hydrogen-bond acceptors (Lipinski definition) is 10. The summed E-state index contributed by atoms with van der Waals surface area (Å²) >= 11 is 9.99. The van der Waals surface area contributed by atoms with Crippen LogP contribution < -0.4 is 33.0 Å². The molecule has 32 heavy (non-hydrogen) atoms. The van der Waals surface area contributed by atoms with Crippen LogP contribution in [0.25, 0.3) is 0 Å². The number of anilines is 3. The highest BCUT2D eigenvalue weighted by atomic mass is 79.9. The van der Waals surface area contributed by atoms with Gasteiger partial charge in [-0.3, -0.25) is 0 Å². The van der Waals surface area contributed by atoms with Crippen LogP contribution in [0.4, 0.5) is 17.1 Å². The summed E-state index contributed by atoms with van der Waals surface area (Å²) in [5, 5.41) is 2.19. The van der Waals surface area contributed by atoms with E-state index in [1.807, 2.05) is 0 Å². The average molecular weight is 653 g/mol. The molecule has 0 radical (unpaired) electrons. The molecule has 0 aliphatic rings. The Hall–Kier alpha value is -1.51. The first-order valence-electron chi connectivity index (χ1n) is 8.75. The number of hydrazine groups is 3. The molecule has 0 atom stereocenters. The molecule has 0 bridgehead atoms. The Morgan fingerprint density at radius 1 is 0.594 bits per heavy atom. The highest BCUT2D eigenvalue weighted by Crippen LogP contribution is 2.52. The maximum Gasteiger partial charge on any atom is 0.543 e. The largest absolute Gasteiger partial charge is 0.543 e. The summed E-state index contributed by atoms with van der Waals surface area (Å²) in [5.74, 6) is 17.9. The number of nitrogens with zero attached hydrogens (tertiary/aromatic N) is 3. The second kappa shape index (κ2) is 11.1. The topological polar surface area (TPSA) is 133 Å². The van der Waals surface area contributed by atoms with E-state index in [-0.39, 0.29) is 0 Å². The van der Waals surface area contributed by atoms with E-state index in [9.17, 15) is 4.57 Å². The van der Waals surface area contributed by atoms with Gasteiger partial charge in [-0.25, -0.2) is 22.1 Å². The Labute approximate surface area is 209 Å². The van der Waals surface area contributed by atoms with Crippen molar-refractivity contribution >= 4 is 72.7 Å². The Kier molecular flexibility index (Phi) is 8.69. The highest BCUT2D eigenvalue weighted by molar-refractivity contribution is 9.11. The smallest absolute Gasteiger partial charge is 0.222 e. The number of rotatable bonds is 9. The van der Waals surface area contributed by atoms with Crippen LogP contribution in [0.2, 0.25) is 0 Å². The van der Waals surface area contributed by atoms with Crippen molar-refractivity contribution in [2.75, 3.05) is 15.5 Å². The number of nitrogens with two attached hydrogens (primary N) is 3. The van der Waals surface area contributed by atoms with E-state index in [0.717, 1.165) is 28.9 Å². The molecule has 0 heterocycles. The second-order valence-corrected chi connectivity index (χ2v) is 10.2. The fraction of sp³-hybridized carbons (Fsp3) is 0. The molecule has 0 saturated heterocycles. The molecule has 0 unspecified atom stereocenters. The number of halogens is 3. The highest BCUT2D eigenvalue weighted by Gasteiger charge is 2.37. The molecular formula is C18H18Br3N6O4P. The SMILES string of the molecule is NN(OP(=O)(ON(N)c1cccc(Br)c1)ON(N)c1cccc(Br)c1)c1cccc(Br)c1. The van der Waals surface area contributed by atoms with Crippen molar-refractivity contribution in [2.45, 2.75) is 0 Å². The summed E-state index contributed by atoms with van der Waals surface area (Å²) in [6, 6.07) is 20.3. The number of benzene rings is 3. The van der Waals surface area contributed by atoms with Gasteiger partial charge in [0.05, 0.1) is 17.1 Å². The first-order chi connectivity index (χ1) is 15.1. The molecule has 170 valence electrons. The van der Waals surface area contributed by atoms with E-state index in [1.54, 1.807) is 72.8 Å². The summed E-state index contributed by atoms with van der Waals surface area (Å²) in [6.07, 6.45) is 0. The van der Waals surface area contributed by atoms with Gasteiger partial charge in [0.25, 0.3) is 0 Å². The van der Waals surface area contributed by atoms with Crippen LogP contribution in [-0.2, 0) is 18.4 Å². The lowest BCUT2D eigenvalue weighted by atomic mass is 10.3. The van der Waals surface area contributed by atoms with Gasteiger partial charge in [0, 0.05) is 13.4 Å². The zero-order chi connectivity index (χ0) is 23.3. The van der Waals surface area contributed by atoms with Gasteiger partial charge in [-0.2, -0.15) is 15.5 Å². The van der Waals surface area contributed by atoms with Crippen LogP contribution in [0.15, 0.2) is 86.2 Å². The van der Waals surface area contributed by atoms with Crippen LogP contribution in [0.3, 0.4) is 0 Å². The molecule has 0 spiro atoms. The lowest BCUT2D eigenvalue weighted by Crippen LogP contribution is -2.38. The summed E-state index contributed by atoms with van der Waals surface area (Å²) in [4.78, 5) is 0. The number of hydrogen-bond donors (Lipinski definition) is 3. The maximum atomic E-state index is 13.6. The fourth-order valence-corrected chi connectivity index (χ4v) is 4.53. The molecule has 0 aliphatic heterocycles. The second-order valence-electron chi connectivity index (χ2n) is 6.11. The third-order valence-electron chi connectivity index (χ3n) is 3.75. The van der Waals surface area contributed by atoms with Gasteiger partial charge in [-0.15, -0.1) is 13.9 Å². The van der Waals surface area contributed by atoms with Crippen LogP contribution in [-0.4, -0.2) is 0 Å². The normalized spacial score (nSPS) is 11.3. The van der Waals surface area contributed by atoms with Crippen molar-refractivity contribution in [3.05, 3.63) is 86.2 Å². The van der Waals surface area contributed by atoms with Crippen molar-refractivity contribution in [1.82, 2.24) is 0 Å². The summed E-state index contributed by atoms with van der Waals surface area (Å²) in [7, 11) is -4.57. The van der Waals surface area contributed by atoms with Crippen molar-refractivity contribution in [2.24, 2.45) is 17.5 Å². The third-order valence-corrected chi connectivity index (χ3v) is 6.36. The molecule has 0 fully saturated rings. The molecule has 0 amide bonds. The van der Waals surface area contributed by atoms with Gasteiger partial charge in [-0.05, 0) is 54.6 Å². The Balaban J connectivity index is 1.87. The summed E-state index contributed by atoms with van der Waals surface area (Å²) < 4.78 is 31.8. The van der Waals surface area contributed by atoms with Crippen LogP contribution in [0.1, 0.15) is 0 Å². The minimum Gasteiger partial charge on any atom is -0.222 e. The van der Waals surface area contributed by atoms with Crippen LogP contribution in [0.5, 0.6) is 0 Å². The first kappa shape index (κ1) is 25.1. The van der Waals surface area contributed by atoms with Gasteiger partial charge >= 0.3 is 7.82 Å². The quantitative estimate of drug-likeness (QED) is 0.159. The predicted octanol–water partition coefficient (Wildman–Crippen LogP) is 5.32. The van der Waals surface area contributed by atoms with E-state index in [0.29, 0.717) is 17.1 Å². The Morgan fingerprint density at radius 3 is 1.12 bits per heavy atom. The van der Waals surface area contributed by atoms with Crippen molar-refractivity contribution < 1.29 is 18.4 Å². The molecule has 6 N–H and O–H groups in total. The van der Waals surface area contributed by atoms with E-state index >= 15 is 0 Å². The van der Waals surface area contributed by atoms with E-state index in [2.05, 4.69) is 47.8 Å². The van der Waals surface area contributed by atoms with E-state index < -0.39 is 7.82 Å². The minimum absolute atomic E-state index is 0.351. The molecule has 3 aromatic carbocycles. The molecule has 0 aromatic heterocycles. The van der Waals surface area contributed by atoms with Crippen LogP contribution >= 0.6 is 55.6 Å². The fourth-order valence-electron chi connectivity index (χ4n) is 2.35. The monoisotopic (exact) mass is 650 g/mol. The van der Waals surface area contributed by atoms with E-state index in [4.69, 9.17) is 31.4 Å². The van der Waals surface area contributed by atoms with Gasteiger partial charge < -0.3 is 0 Å². The van der Waals surface area contributed by atoms with Crippen LogP contribution in [0, 0.1) is 0 Å². The van der Waals surface area contributed by atoms with Gasteiger partial charge in [-0.1, -0.05) is 66.0 Å². The molecule has 14 heteroatoms. The zero-order valence-corrected chi connectivity index (χ0v) is 21.9. The molecule has 0 aliphatic carbocycles. The summed E-state index contributed by atoms with van der Waals surface area (Å²) in [5.41, 5.74) is 1.05. The Morgan fingerprint density at radius 2 is 0.875 bits per heavy atom. The van der Waals surface area contributed by atoms with Gasteiger partial charge in [0.2, 0.25) is 0 Å². The number of phosphoric acid groups is 1.